The molecule has 0 aromatic carbocycles. The highest BCUT2D eigenvalue weighted by Gasteiger charge is 1.72. The molecule has 0 aliphatic carbocycles. The lowest BCUT2D eigenvalue weighted by Crippen LogP contribution is -1.62. The van der Waals surface area contributed by atoms with Crippen molar-refractivity contribution in [1.29, 1.82) is 0 Å². The van der Waals surface area contributed by atoms with Gasteiger partial charge in [-0.1, -0.05) is 30.7 Å². The Kier molecular flexibility index (Phi) is 4.33. The van der Waals surface area contributed by atoms with E-state index in [1.165, 1.54) is 5.57 Å². The van der Waals surface area contributed by atoms with Gasteiger partial charge in [-0.25, -0.2) is 0 Å². The third-order valence-corrected chi connectivity index (χ3v) is 1.07. The number of hydrogen-bond acceptors (Lipinski definition) is 0. The quantitative estimate of drug-likeness (QED) is 0.479. The fourth-order valence-electron chi connectivity index (χ4n) is 0.400. The summed E-state index contributed by atoms with van der Waals surface area (Å²) in [7, 11) is 0. The van der Waals surface area contributed by atoms with Gasteiger partial charge in [0.2, 0.25) is 0 Å². The highest BCUT2D eigenvalue weighted by Crippen LogP contribution is 1.93. The SMILES string of the molecule is C/C=C(C)/C=C/CC. The van der Waals surface area contributed by atoms with Gasteiger partial charge >= 0.3 is 0 Å². The fraction of sp³-hybridized carbons (Fsp3) is 0.500. The third-order valence-electron chi connectivity index (χ3n) is 1.07. The Labute approximate surface area is 51.9 Å². The maximum Gasteiger partial charge on any atom is -0.0376 e. The van der Waals surface area contributed by atoms with E-state index < -0.39 is 0 Å². The molecule has 0 fully saturated rings. The van der Waals surface area contributed by atoms with E-state index in [9.17, 15) is 0 Å². The van der Waals surface area contributed by atoms with Crippen molar-refractivity contribution in [2.24, 2.45) is 0 Å². The molecule has 0 nitrogen and oxygen atoms in total. The molecule has 46 valence electrons. The van der Waals surface area contributed by atoms with E-state index in [2.05, 4.69) is 39.0 Å². The molecule has 0 unspecified atom stereocenters. The average molecular weight is 110 g/mol. The van der Waals surface area contributed by atoms with E-state index in [-0.39, 0.29) is 0 Å². The zero-order chi connectivity index (χ0) is 6.41. The van der Waals surface area contributed by atoms with E-state index in [1.807, 2.05) is 0 Å². The van der Waals surface area contributed by atoms with Crippen LogP contribution in [-0.2, 0) is 0 Å². The molecule has 0 aliphatic heterocycles. The molecule has 0 aliphatic rings. The molecular weight excluding hydrogens is 96.1 g/mol. The van der Waals surface area contributed by atoms with Crippen LogP contribution in [0.3, 0.4) is 0 Å². The molecule has 0 amide bonds. The van der Waals surface area contributed by atoms with Crippen molar-refractivity contribution in [1.82, 2.24) is 0 Å². The lowest BCUT2D eigenvalue weighted by atomic mass is 10.2. The Balaban J connectivity index is 3.53. The second kappa shape index (κ2) is 4.63. The van der Waals surface area contributed by atoms with Crippen LogP contribution in [0.15, 0.2) is 23.8 Å². The summed E-state index contributed by atoms with van der Waals surface area (Å²) < 4.78 is 0. The molecule has 0 N–H and O–H groups in total. The fourth-order valence-corrected chi connectivity index (χ4v) is 0.400. The molecule has 0 spiro atoms. The van der Waals surface area contributed by atoms with Crippen molar-refractivity contribution in [3.05, 3.63) is 23.8 Å². The molecule has 0 aromatic rings. The van der Waals surface area contributed by atoms with Gasteiger partial charge in [-0.15, -0.1) is 0 Å². The summed E-state index contributed by atoms with van der Waals surface area (Å²) in [6, 6.07) is 0. The largest absolute Gasteiger partial charge is 0.0847 e. The van der Waals surface area contributed by atoms with Gasteiger partial charge in [0.05, 0.1) is 0 Å². The van der Waals surface area contributed by atoms with E-state index in [1.54, 1.807) is 0 Å². The van der Waals surface area contributed by atoms with Gasteiger partial charge in [0.15, 0.2) is 0 Å². The molecule has 8 heavy (non-hydrogen) atoms. The summed E-state index contributed by atoms with van der Waals surface area (Å²) in [4.78, 5) is 0. The molecule has 0 saturated carbocycles. The van der Waals surface area contributed by atoms with E-state index in [0.29, 0.717) is 0 Å². The topological polar surface area (TPSA) is 0 Å². The first-order valence-electron chi connectivity index (χ1n) is 3.10. The van der Waals surface area contributed by atoms with Crippen molar-refractivity contribution in [2.75, 3.05) is 0 Å². The van der Waals surface area contributed by atoms with Gasteiger partial charge in [0.25, 0.3) is 0 Å². The Morgan fingerprint density at radius 2 is 2.12 bits per heavy atom. The predicted octanol–water partition coefficient (Wildman–Crippen LogP) is 2.92. The summed E-state index contributed by atoms with van der Waals surface area (Å²) in [5.74, 6) is 0. The van der Waals surface area contributed by atoms with Gasteiger partial charge in [-0.05, 0) is 20.3 Å². The summed E-state index contributed by atoms with van der Waals surface area (Å²) in [5.41, 5.74) is 1.34. The van der Waals surface area contributed by atoms with Crippen LogP contribution in [0.25, 0.3) is 0 Å². The molecule has 0 radical (unpaired) electrons. The normalized spacial score (nSPS) is 13.1. The monoisotopic (exact) mass is 110 g/mol. The van der Waals surface area contributed by atoms with Crippen molar-refractivity contribution < 1.29 is 0 Å². The van der Waals surface area contributed by atoms with Crippen LogP contribution >= 0.6 is 0 Å². The summed E-state index contributed by atoms with van der Waals surface area (Å²) in [6.45, 7) is 6.29. The van der Waals surface area contributed by atoms with Crippen LogP contribution in [0.5, 0.6) is 0 Å². The molecule has 0 saturated heterocycles. The number of hydrogen-bond donors (Lipinski definition) is 0. The van der Waals surface area contributed by atoms with Gasteiger partial charge in [0, 0.05) is 0 Å². The van der Waals surface area contributed by atoms with E-state index in [4.69, 9.17) is 0 Å². The Morgan fingerprint density at radius 1 is 1.50 bits per heavy atom. The smallest absolute Gasteiger partial charge is 0.0376 e. The lowest BCUT2D eigenvalue weighted by Gasteiger charge is -1.84. The van der Waals surface area contributed by atoms with Crippen LogP contribution in [0.4, 0.5) is 0 Å². The van der Waals surface area contributed by atoms with Crippen LogP contribution in [0.1, 0.15) is 27.2 Å². The number of rotatable bonds is 2. The van der Waals surface area contributed by atoms with Gasteiger partial charge < -0.3 is 0 Å². The molecule has 0 heteroatoms. The van der Waals surface area contributed by atoms with Crippen LogP contribution < -0.4 is 0 Å². The number of allylic oxidation sites excluding steroid dienone is 4. The first kappa shape index (κ1) is 7.48. The Hall–Kier alpha value is -0.520. The maximum absolute atomic E-state index is 2.16. The second-order valence-corrected chi connectivity index (χ2v) is 1.84. The van der Waals surface area contributed by atoms with Crippen molar-refractivity contribution in [3.8, 4) is 0 Å². The first-order valence-corrected chi connectivity index (χ1v) is 3.10. The first-order chi connectivity index (χ1) is 3.81. The summed E-state index contributed by atoms with van der Waals surface area (Å²) >= 11 is 0. The van der Waals surface area contributed by atoms with Crippen molar-refractivity contribution in [3.63, 3.8) is 0 Å². The Bertz CT molecular complexity index is 96.6. The van der Waals surface area contributed by atoms with Crippen molar-refractivity contribution in [2.45, 2.75) is 27.2 Å². The minimum atomic E-state index is 1.13. The minimum Gasteiger partial charge on any atom is -0.0847 e. The predicted molar refractivity (Wildman–Crippen MR) is 38.9 cm³/mol. The zero-order valence-corrected chi connectivity index (χ0v) is 5.94. The standard InChI is InChI=1S/C8H14/c1-4-6-7-8(3)5-2/h5-7H,4H2,1-3H3/b7-6+,8-5+. The Morgan fingerprint density at radius 3 is 2.50 bits per heavy atom. The minimum absolute atomic E-state index is 1.13. The molecule has 0 heterocycles. The molecule has 0 bridgehead atoms. The average Bonchev–Trinajstić information content (AvgIpc) is 1.83. The lowest BCUT2D eigenvalue weighted by molar-refractivity contribution is 1.22. The van der Waals surface area contributed by atoms with Gasteiger partial charge in [-0.3, -0.25) is 0 Å². The van der Waals surface area contributed by atoms with Crippen molar-refractivity contribution >= 4 is 0 Å². The summed E-state index contributed by atoms with van der Waals surface area (Å²) in [6.07, 6.45) is 7.53. The highest BCUT2D eigenvalue weighted by atomic mass is 13.8. The maximum atomic E-state index is 2.16. The van der Waals surface area contributed by atoms with E-state index in [0.717, 1.165) is 6.42 Å². The molecular formula is C8H14. The van der Waals surface area contributed by atoms with Crippen LogP contribution in [0, 0.1) is 0 Å². The van der Waals surface area contributed by atoms with Gasteiger partial charge in [-0.2, -0.15) is 0 Å². The third kappa shape index (κ3) is 3.66. The van der Waals surface area contributed by atoms with E-state index >= 15 is 0 Å². The molecule has 0 rings (SSSR count). The second-order valence-electron chi connectivity index (χ2n) is 1.84. The zero-order valence-electron chi connectivity index (χ0n) is 5.94. The van der Waals surface area contributed by atoms with Crippen LogP contribution in [-0.4, -0.2) is 0 Å². The molecule has 0 atom stereocenters. The highest BCUT2D eigenvalue weighted by molar-refractivity contribution is 5.14. The summed E-state index contributed by atoms with van der Waals surface area (Å²) in [5, 5.41) is 0. The molecule has 0 aromatic heterocycles. The van der Waals surface area contributed by atoms with Gasteiger partial charge in [0.1, 0.15) is 0 Å². The van der Waals surface area contributed by atoms with Crippen LogP contribution in [0.2, 0.25) is 0 Å².